The number of carbonyl (C=O) groups is 2. The Morgan fingerprint density at radius 1 is 1.10 bits per heavy atom. The Labute approximate surface area is 178 Å². The van der Waals surface area contributed by atoms with Crippen molar-refractivity contribution < 1.29 is 19.4 Å². The molecule has 0 saturated heterocycles. The third kappa shape index (κ3) is 5.38. The molecule has 0 aliphatic carbocycles. The number of benzene rings is 2. The summed E-state index contributed by atoms with van der Waals surface area (Å²) in [5.74, 6) is 0.588. The molecule has 0 bridgehead atoms. The van der Waals surface area contributed by atoms with E-state index in [1.807, 2.05) is 35.8 Å². The average molecular weight is 426 g/mol. The van der Waals surface area contributed by atoms with Crippen molar-refractivity contribution in [2.45, 2.75) is 25.0 Å². The van der Waals surface area contributed by atoms with Gasteiger partial charge in [0.1, 0.15) is 11.6 Å². The second-order valence-corrected chi connectivity index (χ2v) is 7.33. The van der Waals surface area contributed by atoms with Crippen LogP contribution in [0.3, 0.4) is 0 Å². The highest BCUT2D eigenvalue weighted by atomic mass is 32.2. The van der Waals surface area contributed by atoms with Crippen LogP contribution in [0.1, 0.15) is 28.7 Å². The van der Waals surface area contributed by atoms with Crippen LogP contribution in [-0.4, -0.2) is 44.6 Å². The van der Waals surface area contributed by atoms with Crippen molar-refractivity contribution in [3.63, 3.8) is 0 Å². The normalized spacial score (nSPS) is 10.6. The molecular weight excluding hydrogens is 404 g/mol. The van der Waals surface area contributed by atoms with E-state index in [9.17, 15) is 9.59 Å². The number of carboxylic acids is 1. The Balaban J connectivity index is 1.59. The summed E-state index contributed by atoms with van der Waals surface area (Å²) in [6, 6.07) is 13.8. The van der Waals surface area contributed by atoms with Crippen LogP contribution < -0.4 is 10.1 Å². The molecule has 1 aromatic heterocycles. The summed E-state index contributed by atoms with van der Waals surface area (Å²) in [6.45, 7) is 2.70. The summed E-state index contributed by atoms with van der Waals surface area (Å²) in [4.78, 5) is 23.1. The molecule has 3 aromatic rings. The number of aromatic carboxylic acids is 1. The lowest BCUT2D eigenvalue weighted by Crippen LogP contribution is -2.15. The first-order chi connectivity index (χ1) is 14.5. The Morgan fingerprint density at radius 3 is 2.40 bits per heavy atom. The number of ether oxygens (including phenoxy) is 1. The van der Waals surface area contributed by atoms with E-state index in [-0.39, 0.29) is 17.2 Å². The second-order valence-electron chi connectivity index (χ2n) is 6.39. The fourth-order valence-electron chi connectivity index (χ4n) is 2.82. The number of carboxylic acid groups (broad SMARTS) is 1. The van der Waals surface area contributed by atoms with Gasteiger partial charge in [-0.1, -0.05) is 23.9 Å². The summed E-state index contributed by atoms with van der Waals surface area (Å²) < 4.78 is 7.17. The maximum atomic E-state index is 12.2. The molecule has 3 rings (SSSR count). The molecule has 1 amide bonds. The van der Waals surface area contributed by atoms with Crippen molar-refractivity contribution >= 4 is 29.3 Å². The Morgan fingerprint density at radius 2 is 1.80 bits per heavy atom. The first kappa shape index (κ1) is 21.4. The SMILES string of the molecule is CCn1c(Cc2ccc(OC)cc2)nnc1SCC(=O)Nc1ccc(C(=O)O)cc1. The van der Waals surface area contributed by atoms with Crippen LogP contribution in [0.4, 0.5) is 5.69 Å². The summed E-state index contributed by atoms with van der Waals surface area (Å²) in [5.41, 5.74) is 1.81. The first-order valence-electron chi connectivity index (χ1n) is 9.31. The van der Waals surface area contributed by atoms with E-state index in [1.165, 1.54) is 23.9 Å². The molecule has 0 spiro atoms. The molecule has 0 fully saturated rings. The van der Waals surface area contributed by atoms with Crippen LogP contribution in [0.2, 0.25) is 0 Å². The maximum Gasteiger partial charge on any atom is 0.335 e. The minimum Gasteiger partial charge on any atom is -0.497 e. The number of nitrogens with one attached hydrogen (secondary N) is 1. The summed E-state index contributed by atoms with van der Waals surface area (Å²) in [7, 11) is 1.63. The van der Waals surface area contributed by atoms with E-state index in [0.717, 1.165) is 17.1 Å². The molecule has 0 radical (unpaired) electrons. The van der Waals surface area contributed by atoms with Crippen LogP contribution in [0.15, 0.2) is 53.7 Å². The predicted octanol–water partition coefficient (Wildman–Crippen LogP) is 3.33. The van der Waals surface area contributed by atoms with E-state index >= 15 is 0 Å². The Hall–Kier alpha value is -3.33. The predicted molar refractivity (Wildman–Crippen MR) is 114 cm³/mol. The van der Waals surface area contributed by atoms with Crippen LogP contribution in [-0.2, 0) is 17.8 Å². The molecule has 0 aliphatic heterocycles. The fourth-order valence-corrected chi connectivity index (χ4v) is 3.64. The fraction of sp³-hybridized carbons (Fsp3) is 0.238. The lowest BCUT2D eigenvalue weighted by atomic mass is 10.1. The van der Waals surface area contributed by atoms with Crippen molar-refractivity contribution in [3.8, 4) is 5.75 Å². The highest BCUT2D eigenvalue weighted by Gasteiger charge is 2.14. The van der Waals surface area contributed by atoms with Crippen LogP contribution >= 0.6 is 11.8 Å². The topological polar surface area (TPSA) is 106 Å². The number of hydrogen-bond acceptors (Lipinski definition) is 6. The van der Waals surface area contributed by atoms with E-state index < -0.39 is 5.97 Å². The van der Waals surface area contributed by atoms with Gasteiger partial charge in [-0.3, -0.25) is 4.79 Å². The lowest BCUT2D eigenvalue weighted by Gasteiger charge is -2.08. The smallest absolute Gasteiger partial charge is 0.335 e. The van der Waals surface area contributed by atoms with Crippen molar-refractivity contribution in [2.24, 2.45) is 0 Å². The van der Waals surface area contributed by atoms with Gasteiger partial charge in [-0.05, 0) is 48.9 Å². The molecule has 0 unspecified atom stereocenters. The quantitative estimate of drug-likeness (QED) is 0.506. The van der Waals surface area contributed by atoms with Gasteiger partial charge in [0.05, 0.1) is 18.4 Å². The zero-order chi connectivity index (χ0) is 21.5. The van der Waals surface area contributed by atoms with Crippen molar-refractivity contribution in [2.75, 3.05) is 18.2 Å². The molecule has 156 valence electrons. The second kappa shape index (κ2) is 9.93. The van der Waals surface area contributed by atoms with Gasteiger partial charge in [0.15, 0.2) is 5.16 Å². The standard InChI is InChI=1S/C21H22N4O4S/c1-3-25-18(12-14-4-10-17(29-2)11-5-14)23-24-21(25)30-13-19(26)22-16-8-6-15(7-9-16)20(27)28/h4-11H,3,12-13H2,1-2H3,(H,22,26)(H,27,28). The van der Waals surface area contributed by atoms with Gasteiger partial charge in [-0.25, -0.2) is 4.79 Å². The lowest BCUT2D eigenvalue weighted by molar-refractivity contribution is -0.113. The van der Waals surface area contributed by atoms with E-state index in [2.05, 4.69) is 15.5 Å². The number of amides is 1. The summed E-state index contributed by atoms with van der Waals surface area (Å²) in [6.07, 6.45) is 0.632. The maximum absolute atomic E-state index is 12.2. The third-order valence-corrected chi connectivity index (χ3v) is 5.35. The molecule has 0 atom stereocenters. The Kier molecular flexibility index (Phi) is 7.08. The summed E-state index contributed by atoms with van der Waals surface area (Å²) in [5, 5.41) is 20.9. The Bertz CT molecular complexity index is 1020. The number of anilines is 1. The third-order valence-electron chi connectivity index (χ3n) is 4.38. The molecule has 0 aliphatic rings. The number of nitrogens with zero attached hydrogens (tertiary/aromatic N) is 3. The van der Waals surface area contributed by atoms with Gasteiger partial charge in [0.2, 0.25) is 5.91 Å². The number of methoxy groups -OCH3 is 1. The van der Waals surface area contributed by atoms with E-state index in [1.54, 1.807) is 19.2 Å². The van der Waals surface area contributed by atoms with Crippen molar-refractivity contribution in [1.82, 2.24) is 14.8 Å². The monoisotopic (exact) mass is 426 g/mol. The highest BCUT2D eigenvalue weighted by molar-refractivity contribution is 7.99. The molecule has 9 heteroatoms. The summed E-state index contributed by atoms with van der Waals surface area (Å²) >= 11 is 1.31. The molecule has 0 saturated carbocycles. The van der Waals surface area contributed by atoms with Crippen LogP contribution in [0.5, 0.6) is 5.75 Å². The molecule has 30 heavy (non-hydrogen) atoms. The minimum atomic E-state index is -1.01. The van der Waals surface area contributed by atoms with Crippen molar-refractivity contribution in [3.05, 3.63) is 65.5 Å². The molecule has 1 heterocycles. The van der Waals surface area contributed by atoms with Gasteiger partial charge < -0.3 is 19.7 Å². The number of rotatable bonds is 9. The number of aromatic nitrogens is 3. The highest BCUT2D eigenvalue weighted by Crippen LogP contribution is 2.20. The van der Waals surface area contributed by atoms with E-state index in [0.29, 0.717) is 23.8 Å². The number of thioether (sulfide) groups is 1. The van der Waals surface area contributed by atoms with Crippen LogP contribution in [0, 0.1) is 0 Å². The number of hydrogen-bond donors (Lipinski definition) is 2. The number of carbonyl (C=O) groups excluding carboxylic acids is 1. The zero-order valence-electron chi connectivity index (χ0n) is 16.7. The molecule has 8 nitrogen and oxygen atoms in total. The van der Waals surface area contributed by atoms with E-state index in [4.69, 9.17) is 9.84 Å². The first-order valence-corrected chi connectivity index (χ1v) is 10.3. The zero-order valence-corrected chi connectivity index (χ0v) is 17.5. The average Bonchev–Trinajstić information content (AvgIpc) is 3.14. The molecule has 2 N–H and O–H groups in total. The van der Waals surface area contributed by atoms with Gasteiger partial charge >= 0.3 is 5.97 Å². The van der Waals surface area contributed by atoms with Gasteiger partial charge in [-0.15, -0.1) is 10.2 Å². The van der Waals surface area contributed by atoms with Gasteiger partial charge in [0.25, 0.3) is 0 Å². The van der Waals surface area contributed by atoms with Gasteiger partial charge in [-0.2, -0.15) is 0 Å². The largest absolute Gasteiger partial charge is 0.497 e. The molecule has 2 aromatic carbocycles. The van der Waals surface area contributed by atoms with Crippen LogP contribution in [0.25, 0.3) is 0 Å². The minimum absolute atomic E-state index is 0.168. The van der Waals surface area contributed by atoms with Crippen molar-refractivity contribution in [1.29, 1.82) is 0 Å². The van der Waals surface area contributed by atoms with Gasteiger partial charge in [0, 0.05) is 18.7 Å². The molecular formula is C21H22N4O4S.